The summed E-state index contributed by atoms with van der Waals surface area (Å²) in [5.74, 6) is -0.264. The van der Waals surface area contributed by atoms with Crippen LogP contribution in [0.1, 0.15) is 5.56 Å². The second-order valence-electron chi connectivity index (χ2n) is 4.82. The molecule has 23 heavy (non-hydrogen) atoms. The SMILES string of the molecule is O=C(Cn1ncccc1=O)NCc1ccnc(-c2cccs2)c1. The number of carbonyl (C=O) groups excluding carboxylic acids is 1. The van der Waals surface area contributed by atoms with Crippen molar-refractivity contribution in [3.63, 3.8) is 0 Å². The lowest BCUT2D eigenvalue weighted by atomic mass is 10.2. The van der Waals surface area contributed by atoms with Crippen LogP contribution in [0.15, 0.2) is 59.0 Å². The maximum absolute atomic E-state index is 11.9. The van der Waals surface area contributed by atoms with Crippen molar-refractivity contribution >= 4 is 17.2 Å². The lowest BCUT2D eigenvalue weighted by Crippen LogP contribution is -2.32. The number of aromatic nitrogens is 3. The first kappa shape index (κ1) is 15.1. The van der Waals surface area contributed by atoms with Gasteiger partial charge in [0.15, 0.2) is 0 Å². The van der Waals surface area contributed by atoms with Crippen molar-refractivity contribution in [2.45, 2.75) is 13.1 Å². The van der Waals surface area contributed by atoms with Gasteiger partial charge in [-0.05, 0) is 35.2 Å². The minimum Gasteiger partial charge on any atom is -0.350 e. The van der Waals surface area contributed by atoms with E-state index in [-0.39, 0.29) is 18.0 Å². The molecule has 3 aromatic heterocycles. The molecule has 0 aromatic carbocycles. The summed E-state index contributed by atoms with van der Waals surface area (Å²) in [7, 11) is 0. The summed E-state index contributed by atoms with van der Waals surface area (Å²) in [6.45, 7) is 0.282. The average molecular weight is 326 g/mol. The van der Waals surface area contributed by atoms with Crippen molar-refractivity contribution < 1.29 is 4.79 Å². The molecule has 3 heterocycles. The van der Waals surface area contributed by atoms with E-state index in [0.717, 1.165) is 20.8 Å². The summed E-state index contributed by atoms with van der Waals surface area (Å²) >= 11 is 1.62. The summed E-state index contributed by atoms with van der Waals surface area (Å²) in [5, 5.41) is 8.64. The highest BCUT2D eigenvalue weighted by molar-refractivity contribution is 7.13. The molecule has 0 fully saturated rings. The van der Waals surface area contributed by atoms with Gasteiger partial charge in [0, 0.05) is 25.0 Å². The predicted molar refractivity (Wildman–Crippen MR) is 87.9 cm³/mol. The van der Waals surface area contributed by atoms with Gasteiger partial charge in [0.05, 0.1) is 10.6 Å². The van der Waals surface area contributed by atoms with Gasteiger partial charge in [-0.15, -0.1) is 11.3 Å². The molecule has 0 spiro atoms. The topological polar surface area (TPSA) is 76.9 Å². The van der Waals surface area contributed by atoms with Crippen LogP contribution in [-0.4, -0.2) is 20.7 Å². The number of rotatable bonds is 5. The molecule has 0 aliphatic rings. The molecule has 116 valence electrons. The molecule has 0 radical (unpaired) electrons. The molecular weight excluding hydrogens is 312 g/mol. The van der Waals surface area contributed by atoms with Crippen molar-refractivity contribution in [1.29, 1.82) is 0 Å². The van der Waals surface area contributed by atoms with Crippen molar-refractivity contribution in [3.05, 3.63) is 70.1 Å². The van der Waals surface area contributed by atoms with Crippen LogP contribution < -0.4 is 10.9 Å². The zero-order valence-corrected chi connectivity index (χ0v) is 13.0. The van der Waals surface area contributed by atoms with Gasteiger partial charge < -0.3 is 5.32 Å². The standard InChI is InChI=1S/C16H14N4O2S/c21-15(11-20-16(22)4-1-6-19-20)18-10-12-5-7-17-13(9-12)14-3-2-8-23-14/h1-9H,10-11H2,(H,18,21). The molecule has 0 unspecified atom stereocenters. The minimum atomic E-state index is -0.299. The van der Waals surface area contributed by atoms with Gasteiger partial charge in [0.25, 0.3) is 5.56 Å². The molecule has 7 heteroatoms. The Morgan fingerprint density at radius 3 is 2.91 bits per heavy atom. The van der Waals surface area contributed by atoms with E-state index in [1.165, 1.54) is 12.3 Å². The maximum atomic E-state index is 11.9. The van der Waals surface area contributed by atoms with E-state index in [2.05, 4.69) is 15.4 Å². The van der Waals surface area contributed by atoms with Gasteiger partial charge in [-0.1, -0.05) is 6.07 Å². The van der Waals surface area contributed by atoms with Crippen molar-refractivity contribution in [2.24, 2.45) is 0 Å². The van der Waals surface area contributed by atoms with Crippen LogP contribution in [0.25, 0.3) is 10.6 Å². The molecule has 0 saturated heterocycles. The molecule has 1 amide bonds. The Balaban J connectivity index is 1.62. The number of nitrogens with one attached hydrogen (secondary N) is 1. The number of hydrogen-bond donors (Lipinski definition) is 1. The van der Waals surface area contributed by atoms with Crippen molar-refractivity contribution in [2.75, 3.05) is 0 Å². The molecule has 0 bridgehead atoms. The second-order valence-corrected chi connectivity index (χ2v) is 5.77. The quantitative estimate of drug-likeness (QED) is 0.774. The van der Waals surface area contributed by atoms with Crippen molar-refractivity contribution in [3.8, 4) is 10.6 Å². The van der Waals surface area contributed by atoms with Crippen LogP contribution in [0.4, 0.5) is 0 Å². The third kappa shape index (κ3) is 3.89. The third-order valence-electron chi connectivity index (χ3n) is 3.17. The van der Waals surface area contributed by atoms with Gasteiger partial charge in [-0.3, -0.25) is 14.6 Å². The van der Waals surface area contributed by atoms with Crippen LogP contribution >= 0.6 is 11.3 Å². The first-order valence-corrected chi connectivity index (χ1v) is 7.88. The normalized spacial score (nSPS) is 10.4. The molecule has 0 saturated carbocycles. The zero-order chi connectivity index (χ0) is 16.1. The van der Waals surface area contributed by atoms with Gasteiger partial charge >= 0.3 is 0 Å². The number of hydrogen-bond acceptors (Lipinski definition) is 5. The van der Waals surface area contributed by atoms with E-state index >= 15 is 0 Å². The van der Waals surface area contributed by atoms with E-state index in [1.54, 1.807) is 23.6 Å². The summed E-state index contributed by atoms with van der Waals surface area (Å²) in [4.78, 5) is 28.9. The summed E-state index contributed by atoms with van der Waals surface area (Å²) in [6, 6.07) is 10.7. The zero-order valence-electron chi connectivity index (χ0n) is 12.2. The predicted octanol–water partition coefficient (Wildman–Crippen LogP) is 1.68. The van der Waals surface area contributed by atoms with Gasteiger partial charge in [-0.25, -0.2) is 4.68 Å². The molecule has 3 aromatic rings. The number of nitrogens with zero attached hydrogens (tertiary/aromatic N) is 3. The largest absolute Gasteiger partial charge is 0.350 e. The monoisotopic (exact) mass is 326 g/mol. The van der Waals surface area contributed by atoms with Gasteiger partial charge in [-0.2, -0.15) is 5.10 Å². The summed E-state index contributed by atoms with van der Waals surface area (Å²) < 4.78 is 1.12. The lowest BCUT2D eigenvalue weighted by Gasteiger charge is -2.07. The highest BCUT2D eigenvalue weighted by atomic mass is 32.1. The molecule has 0 aliphatic heterocycles. The Bertz CT molecular complexity index is 858. The summed E-state index contributed by atoms with van der Waals surface area (Å²) in [5.41, 5.74) is 1.53. The first-order valence-electron chi connectivity index (χ1n) is 7.00. The Labute approximate surface area is 136 Å². The average Bonchev–Trinajstić information content (AvgIpc) is 3.10. The van der Waals surface area contributed by atoms with Crippen molar-refractivity contribution in [1.82, 2.24) is 20.1 Å². The number of amides is 1. The minimum absolute atomic E-state index is 0.0947. The summed E-state index contributed by atoms with van der Waals surface area (Å²) in [6.07, 6.45) is 3.20. The Morgan fingerprint density at radius 1 is 1.22 bits per heavy atom. The van der Waals surface area contributed by atoms with E-state index in [9.17, 15) is 9.59 Å². The van der Waals surface area contributed by atoms with Crippen LogP contribution in [0.3, 0.4) is 0 Å². The number of pyridine rings is 1. The van der Waals surface area contributed by atoms with Crippen LogP contribution in [0, 0.1) is 0 Å². The Kier molecular flexibility index (Phi) is 4.58. The fraction of sp³-hybridized carbons (Fsp3) is 0.125. The Morgan fingerprint density at radius 2 is 2.13 bits per heavy atom. The van der Waals surface area contributed by atoms with E-state index in [0.29, 0.717) is 6.54 Å². The second kappa shape index (κ2) is 6.97. The smallest absolute Gasteiger partial charge is 0.267 e. The van der Waals surface area contributed by atoms with Gasteiger partial charge in [0.2, 0.25) is 5.91 Å². The number of carbonyl (C=O) groups is 1. The molecule has 6 nitrogen and oxygen atoms in total. The van der Waals surface area contributed by atoms with E-state index < -0.39 is 0 Å². The highest BCUT2D eigenvalue weighted by Gasteiger charge is 2.06. The van der Waals surface area contributed by atoms with Crippen LogP contribution in [0.2, 0.25) is 0 Å². The molecule has 1 N–H and O–H groups in total. The molecule has 3 rings (SSSR count). The molecule has 0 aliphatic carbocycles. The van der Waals surface area contributed by atoms with Gasteiger partial charge in [0.1, 0.15) is 6.54 Å². The lowest BCUT2D eigenvalue weighted by molar-refractivity contribution is -0.122. The third-order valence-corrected chi connectivity index (χ3v) is 4.06. The van der Waals surface area contributed by atoms with E-state index in [4.69, 9.17) is 0 Å². The maximum Gasteiger partial charge on any atom is 0.267 e. The molecule has 0 atom stereocenters. The fourth-order valence-corrected chi connectivity index (χ4v) is 2.74. The Hall–Kier alpha value is -2.80. The fourth-order valence-electron chi connectivity index (χ4n) is 2.04. The number of thiophene rings is 1. The van der Waals surface area contributed by atoms with Crippen LogP contribution in [-0.2, 0) is 17.9 Å². The highest BCUT2D eigenvalue weighted by Crippen LogP contribution is 2.22. The van der Waals surface area contributed by atoms with Crippen LogP contribution in [0.5, 0.6) is 0 Å². The first-order chi connectivity index (χ1) is 11.2. The molecular formula is C16H14N4O2S. The van der Waals surface area contributed by atoms with E-state index in [1.807, 2.05) is 29.6 Å².